The fourth-order valence-corrected chi connectivity index (χ4v) is 3.10. The number of hydrogen-bond donors (Lipinski definition) is 2. The molecule has 2 heterocycles. The Labute approximate surface area is 174 Å². The highest BCUT2D eigenvalue weighted by atomic mass is 19.1. The van der Waals surface area contributed by atoms with E-state index in [1.165, 1.54) is 12.1 Å². The highest BCUT2D eigenvalue weighted by Gasteiger charge is 2.12. The van der Waals surface area contributed by atoms with E-state index < -0.39 is 0 Å². The Hall–Kier alpha value is -3.58. The summed E-state index contributed by atoms with van der Waals surface area (Å²) in [5.74, 6) is 0.498. The SMILES string of the molecule is Cc1ccc(NCCNCc2cn(-c3ccccc3)nc2-c2ccc(F)cc2)nn1. The summed E-state index contributed by atoms with van der Waals surface area (Å²) in [5, 5.41) is 19.6. The highest BCUT2D eigenvalue weighted by molar-refractivity contribution is 5.63. The first kappa shape index (κ1) is 19.7. The largest absolute Gasteiger partial charge is 0.367 e. The van der Waals surface area contributed by atoms with Gasteiger partial charge >= 0.3 is 0 Å². The third-order valence-electron chi connectivity index (χ3n) is 4.65. The van der Waals surface area contributed by atoms with Crippen LogP contribution in [0.1, 0.15) is 11.3 Å². The van der Waals surface area contributed by atoms with E-state index in [0.29, 0.717) is 6.54 Å². The van der Waals surface area contributed by atoms with Gasteiger partial charge in [-0.3, -0.25) is 0 Å². The molecule has 2 N–H and O–H groups in total. The van der Waals surface area contributed by atoms with E-state index in [2.05, 4.69) is 20.8 Å². The van der Waals surface area contributed by atoms with Crippen molar-refractivity contribution in [3.63, 3.8) is 0 Å². The average Bonchev–Trinajstić information content (AvgIpc) is 3.20. The molecule has 0 fully saturated rings. The molecule has 4 aromatic rings. The van der Waals surface area contributed by atoms with Crippen LogP contribution in [0, 0.1) is 12.7 Å². The molecule has 0 bridgehead atoms. The Morgan fingerprint density at radius 1 is 0.900 bits per heavy atom. The summed E-state index contributed by atoms with van der Waals surface area (Å²) >= 11 is 0. The zero-order valence-electron chi connectivity index (χ0n) is 16.7. The molecule has 30 heavy (non-hydrogen) atoms. The fraction of sp³-hybridized carbons (Fsp3) is 0.174. The second-order valence-electron chi connectivity index (χ2n) is 6.95. The lowest BCUT2D eigenvalue weighted by Gasteiger charge is -2.07. The summed E-state index contributed by atoms with van der Waals surface area (Å²) in [6.07, 6.45) is 2.01. The predicted octanol–water partition coefficient (Wildman–Crippen LogP) is 3.98. The van der Waals surface area contributed by atoms with E-state index >= 15 is 0 Å². The summed E-state index contributed by atoms with van der Waals surface area (Å²) in [5.41, 5.74) is 4.63. The lowest BCUT2D eigenvalue weighted by molar-refractivity contribution is 0.628. The number of halogens is 1. The van der Waals surface area contributed by atoms with Crippen molar-refractivity contribution in [3.8, 4) is 16.9 Å². The molecule has 0 unspecified atom stereocenters. The third-order valence-corrected chi connectivity index (χ3v) is 4.65. The lowest BCUT2D eigenvalue weighted by Crippen LogP contribution is -2.22. The molecule has 7 heteroatoms. The maximum absolute atomic E-state index is 13.4. The van der Waals surface area contributed by atoms with Gasteiger partial charge in [-0.05, 0) is 55.5 Å². The van der Waals surface area contributed by atoms with Crippen molar-refractivity contribution in [2.45, 2.75) is 13.5 Å². The van der Waals surface area contributed by atoms with Gasteiger partial charge in [-0.15, -0.1) is 5.10 Å². The van der Waals surface area contributed by atoms with Crippen molar-refractivity contribution in [3.05, 3.63) is 90.0 Å². The lowest BCUT2D eigenvalue weighted by atomic mass is 10.1. The van der Waals surface area contributed by atoms with Gasteiger partial charge in [0, 0.05) is 37.0 Å². The van der Waals surface area contributed by atoms with E-state index in [1.54, 1.807) is 12.1 Å². The minimum atomic E-state index is -0.258. The molecule has 0 saturated heterocycles. The fourth-order valence-electron chi connectivity index (χ4n) is 3.10. The minimum absolute atomic E-state index is 0.258. The highest BCUT2D eigenvalue weighted by Crippen LogP contribution is 2.24. The Kier molecular flexibility index (Phi) is 6.10. The number of nitrogens with one attached hydrogen (secondary N) is 2. The minimum Gasteiger partial charge on any atom is -0.367 e. The Morgan fingerprint density at radius 2 is 1.70 bits per heavy atom. The first-order valence-electron chi connectivity index (χ1n) is 9.84. The number of para-hydroxylation sites is 1. The standard InChI is InChI=1S/C23H23FN6/c1-17-7-12-22(28-27-17)26-14-13-25-15-19-16-30(21-5-3-2-4-6-21)29-23(19)18-8-10-20(24)11-9-18/h2-12,16,25H,13-15H2,1H3,(H,26,28). The van der Waals surface area contributed by atoms with E-state index in [1.807, 2.05) is 60.3 Å². The first-order valence-corrected chi connectivity index (χ1v) is 9.84. The number of benzene rings is 2. The van der Waals surface area contributed by atoms with Crippen molar-refractivity contribution >= 4 is 5.82 Å². The molecule has 0 saturated carbocycles. The van der Waals surface area contributed by atoms with Gasteiger partial charge in [-0.2, -0.15) is 10.2 Å². The third kappa shape index (κ3) is 4.87. The number of hydrogen-bond acceptors (Lipinski definition) is 5. The van der Waals surface area contributed by atoms with Crippen LogP contribution in [0.25, 0.3) is 16.9 Å². The van der Waals surface area contributed by atoms with Crippen molar-refractivity contribution in [2.24, 2.45) is 0 Å². The zero-order valence-corrected chi connectivity index (χ0v) is 16.7. The first-order chi connectivity index (χ1) is 14.7. The molecule has 4 rings (SSSR count). The summed E-state index contributed by atoms with van der Waals surface area (Å²) in [6.45, 7) is 4.01. The molecule has 0 spiro atoms. The van der Waals surface area contributed by atoms with E-state index in [4.69, 9.17) is 5.10 Å². The van der Waals surface area contributed by atoms with E-state index in [9.17, 15) is 4.39 Å². The molecule has 2 aromatic carbocycles. The van der Waals surface area contributed by atoms with Gasteiger partial charge in [-0.1, -0.05) is 18.2 Å². The number of rotatable bonds is 8. The zero-order chi connectivity index (χ0) is 20.8. The van der Waals surface area contributed by atoms with Gasteiger partial charge in [0.05, 0.1) is 17.1 Å². The molecular weight excluding hydrogens is 379 g/mol. The molecule has 2 aromatic heterocycles. The van der Waals surface area contributed by atoms with Crippen LogP contribution in [0.15, 0.2) is 72.9 Å². The molecule has 6 nitrogen and oxygen atoms in total. The summed E-state index contributed by atoms with van der Waals surface area (Å²) in [4.78, 5) is 0. The van der Waals surface area contributed by atoms with Gasteiger partial charge < -0.3 is 10.6 Å². The second-order valence-corrected chi connectivity index (χ2v) is 6.95. The molecule has 152 valence electrons. The maximum atomic E-state index is 13.4. The Bertz CT molecular complexity index is 1080. The van der Waals surface area contributed by atoms with E-state index in [0.717, 1.165) is 47.1 Å². The molecule has 0 aliphatic rings. The van der Waals surface area contributed by atoms with Crippen molar-refractivity contribution in [1.82, 2.24) is 25.3 Å². The Morgan fingerprint density at radius 3 is 2.43 bits per heavy atom. The maximum Gasteiger partial charge on any atom is 0.148 e. The van der Waals surface area contributed by atoms with Crippen LogP contribution >= 0.6 is 0 Å². The van der Waals surface area contributed by atoms with Gasteiger partial charge in [0.25, 0.3) is 0 Å². The smallest absolute Gasteiger partial charge is 0.148 e. The van der Waals surface area contributed by atoms with E-state index in [-0.39, 0.29) is 5.82 Å². The monoisotopic (exact) mass is 402 g/mol. The number of anilines is 1. The van der Waals surface area contributed by atoms with Gasteiger partial charge in [0.1, 0.15) is 11.6 Å². The van der Waals surface area contributed by atoms with Crippen LogP contribution in [-0.4, -0.2) is 33.1 Å². The van der Waals surface area contributed by atoms with Crippen LogP contribution in [-0.2, 0) is 6.54 Å². The average molecular weight is 402 g/mol. The topological polar surface area (TPSA) is 67.7 Å². The van der Waals surface area contributed by atoms with Crippen molar-refractivity contribution < 1.29 is 4.39 Å². The predicted molar refractivity (Wildman–Crippen MR) is 116 cm³/mol. The molecule has 0 amide bonds. The van der Waals surface area contributed by atoms with Gasteiger partial charge in [0.2, 0.25) is 0 Å². The molecule has 0 radical (unpaired) electrons. The normalized spacial score (nSPS) is 10.9. The van der Waals surface area contributed by atoms with Crippen LogP contribution in [0.4, 0.5) is 10.2 Å². The van der Waals surface area contributed by atoms with Crippen LogP contribution in [0.5, 0.6) is 0 Å². The van der Waals surface area contributed by atoms with Gasteiger partial charge in [0.15, 0.2) is 0 Å². The summed E-state index contributed by atoms with van der Waals surface area (Å²) in [6, 6.07) is 20.2. The Balaban J connectivity index is 1.44. The number of aryl methyl sites for hydroxylation is 1. The molecular formula is C23H23FN6. The quantitative estimate of drug-likeness (QED) is 0.437. The van der Waals surface area contributed by atoms with Crippen LogP contribution in [0.2, 0.25) is 0 Å². The number of nitrogens with zero attached hydrogens (tertiary/aromatic N) is 4. The summed E-state index contributed by atoms with van der Waals surface area (Å²) in [7, 11) is 0. The molecule has 0 aliphatic carbocycles. The van der Waals surface area contributed by atoms with Crippen molar-refractivity contribution in [1.29, 1.82) is 0 Å². The van der Waals surface area contributed by atoms with Crippen LogP contribution < -0.4 is 10.6 Å². The van der Waals surface area contributed by atoms with Crippen LogP contribution in [0.3, 0.4) is 0 Å². The van der Waals surface area contributed by atoms with Gasteiger partial charge in [-0.25, -0.2) is 9.07 Å². The van der Waals surface area contributed by atoms with Crippen molar-refractivity contribution in [2.75, 3.05) is 18.4 Å². The number of aromatic nitrogens is 4. The summed E-state index contributed by atoms with van der Waals surface area (Å²) < 4.78 is 15.2. The second kappa shape index (κ2) is 9.28. The molecule has 0 atom stereocenters. The molecule has 0 aliphatic heterocycles.